The highest BCUT2D eigenvalue weighted by atomic mass is 16.2. The third kappa shape index (κ3) is 5.00. The Kier molecular flexibility index (Phi) is 6.13. The maximum Gasteiger partial charge on any atom is 0.227 e. The van der Waals surface area contributed by atoms with Gasteiger partial charge in [0.2, 0.25) is 11.7 Å². The number of carbonyl (C=O) groups excluding carboxylic acids is 1. The Morgan fingerprint density at radius 3 is 2.61 bits per heavy atom. The fourth-order valence-corrected chi connectivity index (χ4v) is 2.87. The molecule has 0 atom stereocenters. The van der Waals surface area contributed by atoms with Gasteiger partial charge >= 0.3 is 0 Å². The van der Waals surface area contributed by atoms with E-state index in [-0.39, 0.29) is 5.91 Å². The van der Waals surface area contributed by atoms with Crippen molar-refractivity contribution in [1.82, 2.24) is 30.5 Å². The van der Waals surface area contributed by atoms with Crippen LogP contribution in [0.3, 0.4) is 0 Å². The summed E-state index contributed by atoms with van der Waals surface area (Å²) in [5.74, 6) is 0.480. The molecule has 2 aromatic heterocycles. The number of rotatable bonds is 8. The molecule has 0 saturated carbocycles. The second-order valence-electron chi connectivity index (χ2n) is 7.48. The predicted octanol–water partition coefficient (Wildman–Crippen LogP) is 3.03. The number of benzene rings is 1. The van der Waals surface area contributed by atoms with Crippen molar-refractivity contribution in [1.29, 1.82) is 0 Å². The van der Waals surface area contributed by atoms with E-state index in [1.165, 1.54) is 10.4 Å². The molecule has 0 saturated heterocycles. The van der Waals surface area contributed by atoms with E-state index in [4.69, 9.17) is 0 Å². The lowest BCUT2D eigenvalue weighted by Gasteiger charge is -2.22. The minimum atomic E-state index is -0.683. The molecule has 0 unspecified atom stereocenters. The van der Waals surface area contributed by atoms with Gasteiger partial charge in [-0.1, -0.05) is 43.7 Å². The summed E-state index contributed by atoms with van der Waals surface area (Å²) in [5.41, 5.74) is 2.35. The first-order valence-corrected chi connectivity index (χ1v) is 9.53. The largest absolute Gasteiger partial charge is 0.350 e. The van der Waals surface area contributed by atoms with Gasteiger partial charge in [0.1, 0.15) is 0 Å². The van der Waals surface area contributed by atoms with Crippen molar-refractivity contribution in [2.75, 3.05) is 0 Å². The highest BCUT2D eigenvalue weighted by Gasteiger charge is 2.29. The summed E-state index contributed by atoms with van der Waals surface area (Å²) in [7, 11) is 0. The molecule has 7 nitrogen and oxygen atoms in total. The number of tetrazole rings is 1. The summed E-state index contributed by atoms with van der Waals surface area (Å²) in [6.45, 7) is 6.62. The smallest absolute Gasteiger partial charge is 0.227 e. The second kappa shape index (κ2) is 8.73. The number of aryl methyl sites for hydroxylation is 1. The van der Waals surface area contributed by atoms with Crippen LogP contribution >= 0.6 is 0 Å². The van der Waals surface area contributed by atoms with Crippen molar-refractivity contribution < 1.29 is 4.79 Å². The molecule has 2 heterocycles. The highest BCUT2D eigenvalue weighted by Crippen LogP contribution is 2.19. The molecular formula is C21H26N6O. The number of aromatic nitrogens is 5. The van der Waals surface area contributed by atoms with Gasteiger partial charge < -0.3 is 5.32 Å². The standard InChI is InChI=1S/C21H26N6O/c1-4-7-16-9-11-17(12-10-16)19-24-26-27(25-19)15-21(2,3)20(28)23-14-18-8-5-6-13-22-18/h5-6,8-13H,4,7,14-15H2,1-3H3,(H,23,28). The number of hydrogen-bond donors (Lipinski definition) is 1. The van der Waals surface area contributed by atoms with Gasteiger partial charge in [-0.15, -0.1) is 10.2 Å². The Bertz CT molecular complexity index is 902. The Morgan fingerprint density at radius 2 is 1.93 bits per heavy atom. The number of nitrogens with one attached hydrogen (secondary N) is 1. The molecule has 146 valence electrons. The topological polar surface area (TPSA) is 85.6 Å². The Labute approximate surface area is 165 Å². The van der Waals surface area contributed by atoms with E-state index in [1.54, 1.807) is 6.20 Å². The van der Waals surface area contributed by atoms with Crippen LogP contribution in [0, 0.1) is 5.41 Å². The van der Waals surface area contributed by atoms with Crippen LogP contribution in [-0.4, -0.2) is 31.1 Å². The Balaban J connectivity index is 1.61. The minimum Gasteiger partial charge on any atom is -0.350 e. The van der Waals surface area contributed by atoms with Gasteiger partial charge in [0.25, 0.3) is 0 Å². The molecule has 0 fully saturated rings. The van der Waals surface area contributed by atoms with Crippen LogP contribution in [0.25, 0.3) is 11.4 Å². The molecule has 7 heteroatoms. The van der Waals surface area contributed by atoms with Crippen molar-refractivity contribution in [3.63, 3.8) is 0 Å². The van der Waals surface area contributed by atoms with Gasteiger partial charge in [-0.3, -0.25) is 9.78 Å². The van der Waals surface area contributed by atoms with Crippen LogP contribution in [0.5, 0.6) is 0 Å². The van der Waals surface area contributed by atoms with Crippen LogP contribution in [-0.2, 0) is 24.3 Å². The molecule has 3 rings (SSSR count). The van der Waals surface area contributed by atoms with E-state index in [1.807, 2.05) is 44.2 Å². The fraction of sp³-hybridized carbons (Fsp3) is 0.381. The van der Waals surface area contributed by atoms with Crippen molar-refractivity contribution in [2.24, 2.45) is 5.41 Å². The van der Waals surface area contributed by atoms with E-state index in [9.17, 15) is 4.79 Å². The maximum absolute atomic E-state index is 12.6. The molecule has 28 heavy (non-hydrogen) atoms. The fourth-order valence-electron chi connectivity index (χ4n) is 2.87. The molecule has 0 aliphatic carbocycles. The number of nitrogens with zero attached hydrogens (tertiary/aromatic N) is 5. The van der Waals surface area contributed by atoms with Gasteiger partial charge in [-0.25, -0.2) is 0 Å². The summed E-state index contributed by atoms with van der Waals surface area (Å²) in [4.78, 5) is 18.3. The van der Waals surface area contributed by atoms with Gasteiger partial charge in [-0.2, -0.15) is 4.80 Å². The van der Waals surface area contributed by atoms with E-state index >= 15 is 0 Å². The third-order valence-corrected chi connectivity index (χ3v) is 4.51. The van der Waals surface area contributed by atoms with E-state index in [2.05, 4.69) is 44.8 Å². The van der Waals surface area contributed by atoms with Crippen LogP contribution in [0.4, 0.5) is 0 Å². The first-order chi connectivity index (χ1) is 13.5. The average Bonchev–Trinajstić information content (AvgIpc) is 3.15. The molecule has 3 aromatic rings. The van der Waals surface area contributed by atoms with Crippen molar-refractivity contribution in [2.45, 2.75) is 46.7 Å². The molecule has 1 aromatic carbocycles. The van der Waals surface area contributed by atoms with E-state index in [0.717, 1.165) is 24.1 Å². The van der Waals surface area contributed by atoms with E-state index in [0.29, 0.717) is 18.9 Å². The summed E-state index contributed by atoms with van der Waals surface area (Å²) >= 11 is 0. The van der Waals surface area contributed by atoms with Crippen LogP contribution < -0.4 is 5.32 Å². The Hall–Kier alpha value is -3.09. The van der Waals surface area contributed by atoms with Crippen LogP contribution in [0.15, 0.2) is 48.7 Å². The predicted molar refractivity (Wildman–Crippen MR) is 107 cm³/mol. The lowest BCUT2D eigenvalue weighted by molar-refractivity contribution is -0.130. The maximum atomic E-state index is 12.6. The molecular weight excluding hydrogens is 352 g/mol. The molecule has 1 N–H and O–H groups in total. The lowest BCUT2D eigenvalue weighted by atomic mass is 9.92. The molecule has 0 spiro atoms. The quantitative estimate of drug-likeness (QED) is 0.651. The molecule has 0 aliphatic heterocycles. The Morgan fingerprint density at radius 1 is 1.14 bits per heavy atom. The van der Waals surface area contributed by atoms with Gasteiger partial charge in [0.15, 0.2) is 0 Å². The van der Waals surface area contributed by atoms with E-state index < -0.39 is 5.41 Å². The monoisotopic (exact) mass is 378 g/mol. The first kappa shape index (κ1) is 19.7. The molecule has 1 amide bonds. The molecule has 0 radical (unpaired) electrons. The van der Waals surface area contributed by atoms with Gasteiger partial charge in [0.05, 0.1) is 24.2 Å². The van der Waals surface area contributed by atoms with Crippen molar-refractivity contribution in [3.05, 3.63) is 59.9 Å². The molecule has 0 aliphatic rings. The second-order valence-corrected chi connectivity index (χ2v) is 7.48. The van der Waals surface area contributed by atoms with Crippen LogP contribution in [0.1, 0.15) is 38.4 Å². The molecule has 0 bridgehead atoms. The zero-order valence-corrected chi connectivity index (χ0v) is 16.6. The summed E-state index contributed by atoms with van der Waals surface area (Å²) in [6, 6.07) is 13.8. The SMILES string of the molecule is CCCc1ccc(-c2nnn(CC(C)(C)C(=O)NCc3ccccn3)n2)cc1. The summed E-state index contributed by atoms with van der Waals surface area (Å²) in [5, 5.41) is 15.6. The lowest BCUT2D eigenvalue weighted by Crippen LogP contribution is -2.40. The number of carbonyl (C=O) groups is 1. The zero-order chi connectivity index (χ0) is 20.0. The van der Waals surface area contributed by atoms with Crippen molar-refractivity contribution in [3.8, 4) is 11.4 Å². The van der Waals surface area contributed by atoms with Gasteiger partial charge in [-0.05, 0) is 43.2 Å². The van der Waals surface area contributed by atoms with Crippen molar-refractivity contribution >= 4 is 5.91 Å². The first-order valence-electron chi connectivity index (χ1n) is 9.53. The summed E-state index contributed by atoms with van der Waals surface area (Å²) in [6.07, 6.45) is 3.88. The number of pyridine rings is 1. The number of amides is 1. The number of hydrogen-bond acceptors (Lipinski definition) is 5. The van der Waals surface area contributed by atoms with Gasteiger partial charge in [0, 0.05) is 11.8 Å². The average molecular weight is 378 g/mol. The summed E-state index contributed by atoms with van der Waals surface area (Å²) < 4.78 is 0. The third-order valence-electron chi connectivity index (χ3n) is 4.51. The zero-order valence-electron chi connectivity index (χ0n) is 16.6. The van der Waals surface area contributed by atoms with Crippen LogP contribution in [0.2, 0.25) is 0 Å². The minimum absolute atomic E-state index is 0.0825. The normalized spacial score (nSPS) is 11.4. The highest BCUT2D eigenvalue weighted by molar-refractivity contribution is 5.81.